The molecule has 0 saturated carbocycles. The van der Waals surface area contributed by atoms with E-state index in [2.05, 4.69) is 4.18 Å². The van der Waals surface area contributed by atoms with Gasteiger partial charge in [-0.2, -0.15) is 13.6 Å². The zero-order chi connectivity index (χ0) is 16.6. The number of benzene rings is 2. The summed E-state index contributed by atoms with van der Waals surface area (Å²) >= 11 is 0. The number of rotatable bonds is 3. The van der Waals surface area contributed by atoms with Gasteiger partial charge in [-0.1, -0.05) is 0 Å². The first-order valence-electron chi connectivity index (χ1n) is 6.45. The van der Waals surface area contributed by atoms with Crippen molar-refractivity contribution >= 4 is 22.1 Å². The number of hydrogen-bond acceptors (Lipinski definition) is 6. The lowest BCUT2D eigenvalue weighted by Gasteiger charge is -2.28. The SMILES string of the molecule is NS(=O)(=O)Oc1ccc2c(c1)OC(=O)N(c1ccc(O)cc1)C2. The van der Waals surface area contributed by atoms with E-state index in [9.17, 15) is 18.3 Å². The minimum atomic E-state index is -4.15. The predicted octanol–water partition coefficient (Wildman–Crippen LogP) is 1.49. The number of ether oxygens (including phenoxy) is 1. The van der Waals surface area contributed by atoms with E-state index in [1.165, 1.54) is 29.2 Å². The van der Waals surface area contributed by atoms with Crippen LogP contribution in [-0.2, 0) is 16.8 Å². The van der Waals surface area contributed by atoms with Crippen LogP contribution in [0.25, 0.3) is 0 Å². The molecular formula is C14H12N2O6S. The van der Waals surface area contributed by atoms with Crippen LogP contribution in [0.1, 0.15) is 5.56 Å². The van der Waals surface area contributed by atoms with E-state index >= 15 is 0 Å². The Balaban J connectivity index is 1.88. The Morgan fingerprint density at radius 1 is 1.17 bits per heavy atom. The van der Waals surface area contributed by atoms with Crippen molar-refractivity contribution in [1.29, 1.82) is 0 Å². The maximum atomic E-state index is 12.1. The summed E-state index contributed by atoms with van der Waals surface area (Å²) in [5.41, 5.74) is 1.22. The lowest BCUT2D eigenvalue weighted by atomic mass is 10.1. The maximum Gasteiger partial charge on any atom is 0.420 e. The molecule has 0 bridgehead atoms. The third-order valence-electron chi connectivity index (χ3n) is 3.16. The van der Waals surface area contributed by atoms with E-state index in [0.29, 0.717) is 11.3 Å². The number of fused-ring (bicyclic) bond motifs is 1. The molecule has 2 aromatic rings. The molecule has 3 N–H and O–H groups in total. The molecule has 9 heteroatoms. The molecule has 1 heterocycles. The molecule has 1 aliphatic heterocycles. The Kier molecular flexibility index (Phi) is 3.58. The first kappa shape index (κ1) is 15.1. The van der Waals surface area contributed by atoms with Gasteiger partial charge < -0.3 is 14.0 Å². The Labute approximate surface area is 131 Å². The van der Waals surface area contributed by atoms with E-state index in [1.807, 2.05) is 0 Å². The van der Waals surface area contributed by atoms with E-state index in [4.69, 9.17) is 9.88 Å². The molecule has 0 aliphatic carbocycles. The van der Waals surface area contributed by atoms with Crippen molar-refractivity contribution in [2.75, 3.05) is 4.90 Å². The maximum absolute atomic E-state index is 12.1. The van der Waals surface area contributed by atoms with Crippen LogP contribution in [0.2, 0.25) is 0 Å². The largest absolute Gasteiger partial charge is 0.508 e. The standard InChI is InChI=1S/C14H12N2O6S/c15-23(19,20)22-12-6-1-9-8-16(14(18)21-13(9)7-12)10-2-4-11(17)5-3-10/h1-7,17H,8H2,(H2,15,19,20). The van der Waals surface area contributed by atoms with Gasteiger partial charge in [0.15, 0.2) is 0 Å². The average molecular weight is 336 g/mol. The van der Waals surface area contributed by atoms with E-state index in [1.54, 1.807) is 18.2 Å². The number of carbonyl (C=O) groups is 1. The Bertz CT molecular complexity index is 863. The Morgan fingerprint density at radius 3 is 2.52 bits per heavy atom. The van der Waals surface area contributed by atoms with Crippen molar-refractivity contribution in [1.82, 2.24) is 0 Å². The van der Waals surface area contributed by atoms with Crippen molar-refractivity contribution in [3.63, 3.8) is 0 Å². The van der Waals surface area contributed by atoms with Crippen LogP contribution in [0, 0.1) is 0 Å². The zero-order valence-electron chi connectivity index (χ0n) is 11.7. The first-order valence-corrected chi connectivity index (χ1v) is 7.92. The normalized spacial score (nSPS) is 14.1. The molecule has 120 valence electrons. The molecule has 0 spiro atoms. The summed E-state index contributed by atoms with van der Waals surface area (Å²) in [5.74, 6) is 0.243. The second kappa shape index (κ2) is 5.45. The number of nitrogens with two attached hydrogens (primary N) is 1. The van der Waals surface area contributed by atoms with Gasteiger partial charge in [0.2, 0.25) is 0 Å². The number of anilines is 1. The minimum absolute atomic E-state index is 0.0443. The van der Waals surface area contributed by atoms with Gasteiger partial charge in [0.25, 0.3) is 0 Å². The number of phenolic OH excluding ortho intramolecular Hbond substituents is 1. The monoisotopic (exact) mass is 336 g/mol. The second-order valence-electron chi connectivity index (χ2n) is 4.82. The van der Waals surface area contributed by atoms with Gasteiger partial charge in [-0.3, -0.25) is 4.90 Å². The molecular weight excluding hydrogens is 324 g/mol. The van der Waals surface area contributed by atoms with Crippen LogP contribution < -0.4 is 19.0 Å². The van der Waals surface area contributed by atoms with Gasteiger partial charge in [0, 0.05) is 17.3 Å². The molecule has 1 amide bonds. The van der Waals surface area contributed by atoms with Crippen LogP contribution in [0.15, 0.2) is 42.5 Å². The number of phenols is 1. The number of hydrogen-bond donors (Lipinski definition) is 2. The summed E-state index contributed by atoms with van der Waals surface area (Å²) in [6.45, 7) is 0.231. The molecule has 0 unspecified atom stereocenters. The molecule has 0 saturated heterocycles. The number of aromatic hydroxyl groups is 1. The lowest BCUT2D eigenvalue weighted by molar-refractivity contribution is 0.203. The predicted molar refractivity (Wildman–Crippen MR) is 80.5 cm³/mol. The van der Waals surface area contributed by atoms with Gasteiger partial charge >= 0.3 is 16.4 Å². The quantitative estimate of drug-likeness (QED) is 0.876. The van der Waals surface area contributed by atoms with Crippen LogP contribution in [0.5, 0.6) is 17.2 Å². The smallest absolute Gasteiger partial charge is 0.420 e. The van der Waals surface area contributed by atoms with Gasteiger partial charge in [-0.15, -0.1) is 0 Å². The summed E-state index contributed by atoms with van der Waals surface area (Å²) in [7, 11) is -4.15. The topological polar surface area (TPSA) is 119 Å². The lowest BCUT2D eigenvalue weighted by Crippen LogP contribution is -2.36. The third-order valence-corrected chi connectivity index (χ3v) is 3.58. The summed E-state index contributed by atoms with van der Waals surface area (Å²) < 4.78 is 31.6. The molecule has 2 aromatic carbocycles. The van der Waals surface area contributed by atoms with Crippen LogP contribution in [0.3, 0.4) is 0 Å². The first-order chi connectivity index (χ1) is 10.8. The van der Waals surface area contributed by atoms with Crippen LogP contribution in [-0.4, -0.2) is 19.6 Å². The molecule has 1 aliphatic rings. The van der Waals surface area contributed by atoms with Crippen molar-refractivity contribution in [2.24, 2.45) is 5.14 Å². The van der Waals surface area contributed by atoms with E-state index in [0.717, 1.165) is 0 Å². The van der Waals surface area contributed by atoms with Crippen molar-refractivity contribution < 1.29 is 27.2 Å². The molecule has 0 aromatic heterocycles. The molecule has 0 radical (unpaired) electrons. The van der Waals surface area contributed by atoms with E-state index < -0.39 is 16.4 Å². The van der Waals surface area contributed by atoms with Gasteiger partial charge in [-0.25, -0.2) is 4.79 Å². The summed E-state index contributed by atoms with van der Waals surface area (Å²) in [6.07, 6.45) is -0.629. The highest BCUT2D eigenvalue weighted by Crippen LogP contribution is 2.33. The molecule has 23 heavy (non-hydrogen) atoms. The zero-order valence-corrected chi connectivity index (χ0v) is 12.5. The van der Waals surface area contributed by atoms with Gasteiger partial charge in [-0.05, 0) is 36.4 Å². The molecule has 3 rings (SSSR count). The minimum Gasteiger partial charge on any atom is -0.508 e. The molecule has 8 nitrogen and oxygen atoms in total. The number of amides is 1. The van der Waals surface area contributed by atoms with E-state index in [-0.39, 0.29) is 23.8 Å². The number of nitrogens with zero attached hydrogens (tertiary/aromatic N) is 1. The molecule has 0 fully saturated rings. The summed E-state index contributed by atoms with van der Waals surface area (Å²) in [6, 6.07) is 10.4. The second-order valence-corrected chi connectivity index (χ2v) is 5.97. The molecule has 0 atom stereocenters. The fourth-order valence-electron chi connectivity index (χ4n) is 2.16. The number of carbonyl (C=O) groups excluding carboxylic acids is 1. The highest BCUT2D eigenvalue weighted by molar-refractivity contribution is 7.84. The van der Waals surface area contributed by atoms with Crippen molar-refractivity contribution in [3.05, 3.63) is 48.0 Å². The Hall–Kier alpha value is -2.78. The summed E-state index contributed by atoms with van der Waals surface area (Å²) in [5, 5.41) is 14.1. The van der Waals surface area contributed by atoms with Gasteiger partial charge in [0.05, 0.1) is 6.54 Å². The average Bonchev–Trinajstić information content (AvgIpc) is 2.46. The third kappa shape index (κ3) is 3.35. The summed E-state index contributed by atoms with van der Waals surface area (Å²) in [4.78, 5) is 13.5. The Morgan fingerprint density at radius 2 is 1.87 bits per heavy atom. The van der Waals surface area contributed by atoms with Gasteiger partial charge in [0.1, 0.15) is 17.2 Å². The highest BCUT2D eigenvalue weighted by Gasteiger charge is 2.27. The van der Waals surface area contributed by atoms with Crippen LogP contribution >= 0.6 is 0 Å². The van der Waals surface area contributed by atoms with Crippen LogP contribution in [0.4, 0.5) is 10.5 Å². The van der Waals surface area contributed by atoms with Crippen molar-refractivity contribution in [2.45, 2.75) is 6.54 Å². The fraction of sp³-hybridized carbons (Fsp3) is 0.0714. The highest BCUT2D eigenvalue weighted by atomic mass is 32.2. The fourth-order valence-corrected chi connectivity index (χ4v) is 2.53. The van der Waals surface area contributed by atoms with Crippen molar-refractivity contribution in [3.8, 4) is 17.2 Å².